The van der Waals surface area contributed by atoms with Gasteiger partial charge in [-0.25, -0.2) is 0 Å². The van der Waals surface area contributed by atoms with Gasteiger partial charge in [0.2, 0.25) is 23.8 Å². The van der Waals surface area contributed by atoms with Crippen LogP contribution in [0.25, 0.3) is 0 Å². The average Bonchev–Trinajstić information content (AvgIpc) is 3.33. The van der Waals surface area contributed by atoms with E-state index in [1.807, 2.05) is 55.3 Å². The van der Waals surface area contributed by atoms with E-state index < -0.39 is 5.91 Å². The quantitative estimate of drug-likeness (QED) is 0.369. The molecule has 1 aromatic heterocycles. The Morgan fingerprint density at radius 3 is 2.61 bits per heavy atom. The van der Waals surface area contributed by atoms with Gasteiger partial charge >= 0.3 is 0 Å². The second kappa shape index (κ2) is 11.9. The number of aryl methyl sites for hydroxylation is 1. The maximum Gasteiger partial charge on any atom is 0.248 e. The molecule has 1 aliphatic heterocycles. The Balaban J connectivity index is 1.57. The van der Waals surface area contributed by atoms with Crippen LogP contribution in [0.2, 0.25) is 0 Å². The average molecular weight is 514 g/mol. The van der Waals surface area contributed by atoms with Gasteiger partial charge in [0.1, 0.15) is 6.04 Å². The van der Waals surface area contributed by atoms with Crippen LogP contribution < -0.4 is 21.3 Å². The van der Waals surface area contributed by atoms with Crippen molar-refractivity contribution >= 4 is 29.4 Å². The molecule has 198 valence electrons. The molecule has 0 aliphatic carbocycles. The Morgan fingerprint density at radius 1 is 1.18 bits per heavy atom. The van der Waals surface area contributed by atoms with Crippen LogP contribution >= 0.6 is 0 Å². The predicted molar refractivity (Wildman–Crippen MR) is 149 cm³/mol. The Labute approximate surface area is 223 Å². The summed E-state index contributed by atoms with van der Waals surface area (Å²) in [4.78, 5) is 29.9. The SMILES string of the molecule is Cc1ccc(C(N)=O)cc1Nc1nc(N[C@H]2CCN(C(C#N)c3ccccc3)C2)nc(N(C)CC(C)C)n1. The molecule has 2 heterocycles. The first-order valence-corrected chi connectivity index (χ1v) is 12.8. The number of nitrogens with one attached hydrogen (secondary N) is 2. The molecule has 1 saturated heterocycles. The van der Waals surface area contributed by atoms with Crippen LogP contribution in [0.3, 0.4) is 0 Å². The summed E-state index contributed by atoms with van der Waals surface area (Å²) in [5.41, 5.74) is 8.50. The number of nitriles is 1. The molecule has 0 bridgehead atoms. The van der Waals surface area contributed by atoms with Crippen LogP contribution in [0, 0.1) is 24.2 Å². The molecule has 0 spiro atoms. The molecule has 38 heavy (non-hydrogen) atoms. The molecule has 3 aromatic rings. The number of hydrogen-bond donors (Lipinski definition) is 3. The predicted octanol–water partition coefficient (Wildman–Crippen LogP) is 3.87. The van der Waals surface area contributed by atoms with Crippen LogP contribution in [0.15, 0.2) is 48.5 Å². The number of hydrogen-bond acceptors (Lipinski definition) is 9. The smallest absolute Gasteiger partial charge is 0.248 e. The van der Waals surface area contributed by atoms with E-state index in [0.717, 1.165) is 30.6 Å². The molecule has 0 saturated carbocycles. The highest BCUT2D eigenvalue weighted by Crippen LogP contribution is 2.27. The van der Waals surface area contributed by atoms with Crippen LogP contribution in [-0.2, 0) is 0 Å². The number of aromatic nitrogens is 3. The number of carbonyl (C=O) groups excluding carboxylic acids is 1. The number of nitrogens with zero attached hydrogens (tertiary/aromatic N) is 6. The third-order valence-electron chi connectivity index (χ3n) is 6.53. The highest BCUT2D eigenvalue weighted by molar-refractivity contribution is 5.94. The molecule has 1 unspecified atom stereocenters. The number of likely N-dealkylation sites (tertiary alicyclic amines) is 1. The van der Waals surface area contributed by atoms with E-state index in [1.165, 1.54) is 0 Å². The zero-order valence-electron chi connectivity index (χ0n) is 22.3. The Hall–Kier alpha value is -4.23. The molecule has 1 fully saturated rings. The van der Waals surface area contributed by atoms with Gasteiger partial charge in [-0.05, 0) is 42.5 Å². The van der Waals surface area contributed by atoms with Crippen LogP contribution in [0.4, 0.5) is 23.5 Å². The van der Waals surface area contributed by atoms with Crippen molar-refractivity contribution in [3.63, 3.8) is 0 Å². The number of carbonyl (C=O) groups is 1. The van der Waals surface area contributed by atoms with Gasteiger partial charge < -0.3 is 21.3 Å². The summed E-state index contributed by atoms with van der Waals surface area (Å²) in [5.74, 6) is 1.28. The molecule has 4 rings (SSSR count). The topological polar surface area (TPSA) is 136 Å². The van der Waals surface area contributed by atoms with Crippen molar-refractivity contribution in [1.82, 2.24) is 19.9 Å². The monoisotopic (exact) mass is 513 g/mol. The Morgan fingerprint density at radius 2 is 1.92 bits per heavy atom. The minimum atomic E-state index is -0.500. The number of primary amides is 1. The highest BCUT2D eigenvalue weighted by Gasteiger charge is 2.30. The zero-order chi connectivity index (χ0) is 27.2. The fourth-order valence-corrected chi connectivity index (χ4v) is 4.64. The third kappa shape index (κ3) is 6.55. The van der Waals surface area contributed by atoms with E-state index >= 15 is 0 Å². The maximum absolute atomic E-state index is 11.7. The van der Waals surface area contributed by atoms with Crippen molar-refractivity contribution in [2.45, 2.75) is 39.3 Å². The molecular formula is C28H35N9O. The molecule has 10 nitrogen and oxygen atoms in total. The fraction of sp³-hybridized carbons (Fsp3) is 0.393. The van der Waals surface area contributed by atoms with Gasteiger partial charge in [0.15, 0.2) is 0 Å². The number of amides is 1. The lowest BCUT2D eigenvalue weighted by molar-refractivity contribution is 0.100. The molecule has 1 amide bonds. The maximum atomic E-state index is 11.7. The van der Waals surface area contributed by atoms with E-state index in [2.05, 4.69) is 45.4 Å². The summed E-state index contributed by atoms with van der Waals surface area (Å²) in [6, 6.07) is 17.3. The lowest BCUT2D eigenvalue weighted by Crippen LogP contribution is -2.30. The van der Waals surface area contributed by atoms with Crippen molar-refractivity contribution in [2.24, 2.45) is 11.7 Å². The summed E-state index contributed by atoms with van der Waals surface area (Å²) in [5, 5.41) is 16.6. The van der Waals surface area contributed by atoms with Crippen molar-refractivity contribution in [2.75, 3.05) is 42.2 Å². The minimum Gasteiger partial charge on any atom is -0.366 e. The van der Waals surface area contributed by atoms with Crippen LogP contribution in [0.1, 0.15) is 47.8 Å². The van der Waals surface area contributed by atoms with E-state index in [0.29, 0.717) is 41.6 Å². The fourth-order valence-electron chi connectivity index (χ4n) is 4.64. The Kier molecular flexibility index (Phi) is 8.38. The number of nitrogens with two attached hydrogens (primary N) is 1. The van der Waals surface area contributed by atoms with Gasteiger partial charge in [-0.2, -0.15) is 20.2 Å². The standard InChI is InChI=1S/C28H35N9O/c1-18(2)16-36(4)28-34-26(33-27(35-28)32-23-14-21(25(30)38)11-10-19(23)3)31-22-12-13-37(17-22)24(15-29)20-8-6-5-7-9-20/h5-11,14,18,22,24H,12-13,16-17H2,1-4H3,(H2,30,38)(H2,31,32,33,34,35)/t22-,24?/m0/s1. The number of rotatable bonds is 10. The molecule has 2 atom stereocenters. The first-order valence-electron chi connectivity index (χ1n) is 12.8. The molecule has 4 N–H and O–H groups in total. The molecule has 1 aliphatic rings. The second-order valence-corrected chi connectivity index (χ2v) is 10.1. The van der Waals surface area contributed by atoms with Crippen molar-refractivity contribution in [3.05, 3.63) is 65.2 Å². The minimum absolute atomic E-state index is 0.0768. The largest absolute Gasteiger partial charge is 0.366 e. The summed E-state index contributed by atoms with van der Waals surface area (Å²) in [6.45, 7) is 8.47. The van der Waals surface area contributed by atoms with E-state index in [9.17, 15) is 10.1 Å². The summed E-state index contributed by atoms with van der Waals surface area (Å²) < 4.78 is 0. The van der Waals surface area contributed by atoms with Crippen molar-refractivity contribution < 1.29 is 4.79 Å². The van der Waals surface area contributed by atoms with Crippen LogP contribution in [0.5, 0.6) is 0 Å². The third-order valence-corrected chi connectivity index (χ3v) is 6.53. The van der Waals surface area contributed by atoms with E-state index in [1.54, 1.807) is 12.1 Å². The van der Waals surface area contributed by atoms with Gasteiger partial charge in [-0.15, -0.1) is 0 Å². The van der Waals surface area contributed by atoms with E-state index in [-0.39, 0.29) is 12.1 Å². The van der Waals surface area contributed by atoms with Crippen molar-refractivity contribution in [1.29, 1.82) is 5.26 Å². The van der Waals surface area contributed by atoms with Gasteiger partial charge in [0, 0.05) is 44.0 Å². The zero-order valence-corrected chi connectivity index (χ0v) is 22.3. The van der Waals surface area contributed by atoms with Gasteiger partial charge in [-0.1, -0.05) is 50.2 Å². The first kappa shape index (κ1) is 26.8. The van der Waals surface area contributed by atoms with E-state index in [4.69, 9.17) is 10.7 Å². The summed E-state index contributed by atoms with van der Waals surface area (Å²) in [6.07, 6.45) is 0.858. The lowest BCUT2D eigenvalue weighted by Gasteiger charge is -2.23. The molecule has 2 aromatic carbocycles. The first-order chi connectivity index (χ1) is 18.2. The molecule has 10 heteroatoms. The number of anilines is 4. The number of benzene rings is 2. The van der Waals surface area contributed by atoms with Gasteiger partial charge in [0.25, 0.3) is 0 Å². The lowest BCUT2D eigenvalue weighted by atomic mass is 10.1. The molecular weight excluding hydrogens is 478 g/mol. The van der Waals surface area contributed by atoms with Gasteiger partial charge in [0.05, 0.1) is 6.07 Å². The molecule has 0 radical (unpaired) electrons. The highest BCUT2D eigenvalue weighted by atomic mass is 16.1. The summed E-state index contributed by atoms with van der Waals surface area (Å²) in [7, 11) is 1.95. The van der Waals surface area contributed by atoms with Crippen molar-refractivity contribution in [3.8, 4) is 6.07 Å². The second-order valence-electron chi connectivity index (χ2n) is 10.1. The van der Waals surface area contributed by atoms with Gasteiger partial charge in [-0.3, -0.25) is 9.69 Å². The summed E-state index contributed by atoms with van der Waals surface area (Å²) >= 11 is 0. The normalized spacial score (nSPS) is 16.2. The Bertz CT molecular complexity index is 1310. The van der Waals surface area contributed by atoms with Crippen LogP contribution in [-0.4, -0.2) is 58.5 Å².